The lowest BCUT2D eigenvalue weighted by molar-refractivity contribution is -0.121. The van der Waals surface area contributed by atoms with Crippen LogP contribution in [0.3, 0.4) is 0 Å². The van der Waals surface area contributed by atoms with Gasteiger partial charge in [0, 0.05) is 12.7 Å². The maximum absolute atomic E-state index is 12.0. The van der Waals surface area contributed by atoms with Gasteiger partial charge in [-0.1, -0.05) is 13.8 Å². The van der Waals surface area contributed by atoms with E-state index in [1.165, 1.54) is 11.0 Å². The molecule has 0 aromatic carbocycles. The highest BCUT2D eigenvalue weighted by molar-refractivity contribution is 5.75. The lowest BCUT2D eigenvalue weighted by atomic mass is 10.1. The Bertz CT molecular complexity index is 627. The van der Waals surface area contributed by atoms with Gasteiger partial charge in [0.05, 0.1) is 0 Å². The van der Waals surface area contributed by atoms with E-state index in [0.717, 1.165) is 6.42 Å². The summed E-state index contributed by atoms with van der Waals surface area (Å²) in [5, 5.41) is 6.75. The summed E-state index contributed by atoms with van der Waals surface area (Å²) in [6, 6.07) is 3.47. The molecule has 0 saturated heterocycles. The molecular weight excluding hydrogens is 244 g/mol. The van der Waals surface area contributed by atoms with Crippen molar-refractivity contribution in [1.82, 2.24) is 19.5 Å². The maximum Gasteiger partial charge on any atom is 0.291 e. The number of carbonyl (C=O) groups excluding carboxylic acids is 1. The molecule has 0 saturated carbocycles. The van der Waals surface area contributed by atoms with Gasteiger partial charge in [0.2, 0.25) is 5.91 Å². The fourth-order valence-corrected chi connectivity index (χ4v) is 1.78. The van der Waals surface area contributed by atoms with Gasteiger partial charge in [0.25, 0.3) is 5.56 Å². The first kappa shape index (κ1) is 13.3. The normalized spacial score (nSPS) is 11.1. The zero-order valence-corrected chi connectivity index (χ0v) is 11.2. The van der Waals surface area contributed by atoms with Gasteiger partial charge in [-0.25, -0.2) is 4.68 Å². The Labute approximate surface area is 111 Å². The lowest BCUT2D eigenvalue weighted by Gasteiger charge is -2.08. The Morgan fingerprint density at radius 1 is 1.47 bits per heavy atom. The van der Waals surface area contributed by atoms with Crippen molar-refractivity contribution in [3.63, 3.8) is 0 Å². The molecule has 0 aliphatic carbocycles. The Hall–Kier alpha value is -2.11. The quantitative estimate of drug-likeness (QED) is 0.860. The molecule has 0 unspecified atom stereocenters. The molecule has 0 aliphatic heterocycles. The summed E-state index contributed by atoms with van der Waals surface area (Å²) < 4.78 is 2.82. The Morgan fingerprint density at radius 3 is 3.00 bits per heavy atom. The SMILES string of the molecule is CC(C)CCNC(=O)Cn1ncn2cccc2c1=O. The minimum absolute atomic E-state index is 0.0430. The van der Waals surface area contributed by atoms with Crippen molar-refractivity contribution in [3.05, 3.63) is 35.0 Å². The molecule has 6 heteroatoms. The van der Waals surface area contributed by atoms with Gasteiger partial charge in [-0.3, -0.25) is 9.59 Å². The Kier molecular flexibility index (Phi) is 3.99. The molecule has 0 fully saturated rings. The molecule has 2 aromatic rings. The Morgan fingerprint density at radius 2 is 2.26 bits per heavy atom. The van der Waals surface area contributed by atoms with E-state index in [1.807, 2.05) is 0 Å². The third kappa shape index (κ3) is 3.21. The van der Waals surface area contributed by atoms with Crippen LogP contribution in [0.1, 0.15) is 20.3 Å². The number of carbonyl (C=O) groups is 1. The molecule has 2 heterocycles. The molecule has 0 atom stereocenters. The molecule has 0 aliphatic rings. The second-order valence-electron chi connectivity index (χ2n) is 4.93. The molecular formula is C13H18N4O2. The summed E-state index contributed by atoms with van der Waals surface area (Å²) in [5.74, 6) is 0.351. The second kappa shape index (κ2) is 5.69. The van der Waals surface area contributed by atoms with Crippen LogP contribution in [-0.2, 0) is 11.3 Å². The molecule has 6 nitrogen and oxygen atoms in total. The number of fused-ring (bicyclic) bond motifs is 1. The monoisotopic (exact) mass is 262 g/mol. The van der Waals surface area contributed by atoms with Crippen molar-refractivity contribution in [3.8, 4) is 0 Å². The van der Waals surface area contributed by atoms with Gasteiger partial charge >= 0.3 is 0 Å². The van der Waals surface area contributed by atoms with Crippen LogP contribution in [-0.4, -0.2) is 26.6 Å². The van der Waals surface area contributed by atoms with Gasteiger partial charge in [0.1, 0.15) is 18.4 Å². The van der Waals surface area contributed by atoms with E-state index in [-0.39, 0.29) is 18.0 Å². The predicted octanol–water partition coefficient (Wildman–Crippen LogP) is 0.658. The zero-order chi connectivity index (χ0) is 13.8. The molecule has 0 spiro atoms. The van der Waals surface area contributed by atoms with Crippen molar-refractivity contribution >= 4 is 11.4 Å². The molecule has 1 amide bonds. The third-order valence-electron chi connectivity index (χ3n) is 2.89. The number of nitrogens with zero attached hydrogens (tertiary/aromatic N) is 3. The van der Waals surface area contributed by atoms with Gasteiger partial charge in [0.15, 0.2) is 0 Å². The molecule has 2 rings (SSSR count). The first-order chi connectivity index (χ1) is 9.08. The van der Waals surface area contributed by atoms with E-state index < -0.39 is 0 Å². The highest BCUT2D eigenvalue weighted by Gasteiger charge is 2.08. The zero-order valence-electron chi connectivity index (χ0n) is 11.2. The summed E-state index contributed by atoms with van der Waals surface area (Å²) in [7, 11) is 0. The summed E-state index contributed by atoms with van der Waals surface area (Å²) in [5.41, 5.74) is 0.261. The molecule has 19 heavy (non-hydrogen) atoms. The number of amides is 1. The fraction of sp³-hybridized carbons (Fsp3) is 0.462. The van der Waals surface area contributed by atoms with Crippen LogP contribution in [0.25, 0.3) is 5.52 Å². The van der Waals surface area contributed by atoms with E-state index >= 15 is 0 Å². The standard InChI is InChI=1S/C13H18N4O2/c1-10(2)5-6-14-12(18)8-17-13(19)11-4-3-7-16(11)9-15-17/h3-4,7,9-10H,5-6,8H2,1-2H3,(H,14,18). The summed E-state index contributed by atoms with van der Waals surface area (Å²) in [6.45, 7) is 4.77. The summed E-state index contributed by atoms with van der Waals surface area (Å²) in [6.07, 6.45) is 4.20. The minimum atomic E-state index is -0.258. The van der Waals surface area contributed by atoms with Gasteiger partial charge in [-0.05, 0) is 24.5 Å². The van der Waals surface area contributed by atoms with Crippen LogP contribution in [0.5, 0.6) is 0 Å². The average Bonchev–Trinajstić information content (AvgIpc) is 2.81. The smallest absolute Gasteiger partial charge is 0.291 e. The topological polar surface area (TPSA) is 68.4 Å². The van der Waals surface area contributed by atoms with Crippen LogP contribution >= 0.6 is 0 Å². The average molecular weight is 262 g/mol. The Balaban J connectivity index is 2.03. The van der Waals surface area contributed by atoms with E-state index in [0.29, 0.717) is 18.0 Å². The minimum Gasteiger partial charge on any atom is -0.354 e. The second-order valence-corrected chi connectivity index (χ2v) is 4.93. The highest BCUT2D eigenvalue weighted by atomic mass is 16.2. The van der Waals surface area contributed by atoms with Crippen molar-refractivity contribution in [2.75, 3.05) is 6.54 Å². The predicted molar refractivity (Wildman–Crippen MR) is 71.9 cm³/mol. The van der Waals surface area contributed by atoms with E-state index in [9.17, 15) is 9.59 Å². The fourth-order valence-electron chi connectivity index (χ4n) is 1.78. The van der Waals surface area contributed by atoms with Crippen LogP contribution < -0.4 is 10.9 Å². The largest absolute Gasteiger partial charge is 0.354 e. The molecule has 0 bridgehead atoms. The molecule has 2 aromatic heterocycles. The van der Waals surface area contributed by atoms with Crippen molar-refractivity contribution in [2.45, 2.75) is 26.8 Å². The van der Waals surface area contributed by atoms with E-state index in [1.54, 1.807) is 22.7 Å². The van der Waals surface area contributed by atoms with E-state index in [2.05, 4.69) is 24.3 Å². The highest BCUT2D eigenvalue weighted by Crippen LogP contribution is 1.97. The summed E-state index contributed by atoms with van der Waals surface area (Å²) in [4.78, 5) is 23.7. The first-order valence-corrected chi connectivity index (χ1v) is 6.37. The maximum atomic E-state index is 12.0. The number of aromatic nitrogens is 3. The first-order valence-electron chi connectivity index (χ1n) is 6.37. The van der Waals surface area contributed by atoms with Crippen LogP contribution in [0.2, 0.25) is 0 Å². The molecule has 1 N–H and O–H groups in total. The van der Waals surface area contributed by atoms with Crippen molar-refractivity contribution < 1.29 is 4.79 Å². The van der Waals surface area contributed by atoms with Crippen molar-refractivity contribution in [2.24, 2.45) is 5.92 Å². The number of hydrogen-bond acceptors (Lipinski definition) is 3. The number of nitrogens with one attached hydrogen (secondary N) is 1. The van der Waals surface area contributed by atoms with E-state index in [4.69, 9.17) is 0 Å². The summed E-state index contributed by atoms with van der Waals surface area (Å²) >= 11 is 0. The lowest BCUT2D eigenvalue weighted by Crippen LogP contribution is -2.34. The van der Waals surface area contributed by atoms with Crippen LogP contribution in [0, 0.1) is 5.92 Å². The molecule has 102 valence electrons. The van der Waals surface area contributed by atoms with Gasteiger partial charge < -0.3 is 9.72 Å². The molecule has 0 radical (unpaired) electrons. The van der Waals surface area contributed by atoms with Crippen LogP contribution in [0.4, 0.5) is 0 Å². The van der Waals surface area contributed by atoms with Gasteiger partial charge in [-0.2, -0.15) is 5.10 Å². The number of hydrogen-bond donors (Lipinski definition) is 1. The van der Waals surface area contributed by atoms with Gasteiger partial charge in [-0.15, -0.1) is 0 Å². The third-order valence-corrected chi connectivity index (χ3v) is 2.89. The van der Waals surface area contributed by atoms with Crippen LogP contribution in [0.15, 0.2) is 29.5 Å². The van der Waals surface area contributed by atoms with Crippen molar-refractivity contribution in [1.29, 1.82) is 0 Å². The number of rotatable bonds is 5.